The molecular weight excluding hydrogens is 333 g/mol. The normalized spacial score (nSPS) is 24.3. The van der Waals surface area contributed by atoms with Gasteiger partial charge < -0.3 is 14.6 Å². The van der Waals surface area contributed by atoms with Crippen molar-refractivity contribution < 1.29 is 49.0 Å². The molecule has 4 rings (SSSR count). The average molecular weight is 343 g/mol. The summed E-state index contributed by atoms with van der Waals surface area (Å²) in [5.74, 6) is -1.55. The molecule has 8 heteroatoms. The van der Waals surface area contributed by atoms with Crippen LogP contribution in [-0.2, 0) is 27.4 Å². The first-order valence-corrected chi connectivity index (χ1v) is 8.22. The Labute approximate surface area is 157 Å². The van der Waals surface area contributed by atoms with Gasteiger partial charge in [-0.2, -0.15) is 0 Å². The number of thioether (sulfide) groups is 1. The van der Waals surface area contributed by atoms with E-state index in [2.05, 4.69) is 6.07 Å². The Hall–Kier alpha value is -0.570. The number of nitrogens with zero attached hydrogens (tertiary/aromatic N) is 1. The summed E-state index contributed by atoms with van der Waals surface area (Å²) in [4.78, 5) is 26.6. The Morgan fingerprint density at radius 2 is 2.32 bits per heavy atom. The van der Waals surface area contributed by atoms with Crippen molar-refractivity contribution in [1.29, 1.82) is 0 Å². The average Bonchev–Trinajstić information content (AvgIpc) is 3.05. The number of hydrogen-bond acceptors (Lipinski definition) is 6. The van der Waals surface area contributed by atoms with E-state index in [1.165, 1.54) is 32.5 Å². The number of carboxylic acid groups (broad SMARTS) is 1. The number of amides is 1. The molecule has 3 aliphatic rings. The summed E-state index contributed by atoms with van der Waals surface area (Å²) < 4.78 is 5.41. The van der Waals surface area contributed by atoms with Gasteiger partial charge >= 0.3 is 29.6 Å². The van der Waals surface area contributed by atoms with Gasteiger partial charge in [0.25, 0.3) is 5.91 Å². The summed E-state index contributed by atoms with van der Waals surface area (Å²) in [6, 6.07) is 2.05. The van der Waals surface area contributed by atoms with Gasteiger partial charge in [0.1, 0.15) is 5.37 Å². The van der Waals surface area contributed by atoms with Crippen LogP contribution < -0.4 is 34.7 Å². The quantitative estimate of drug-likeness (QED) is 0.344. The first-order valence-electron chi connectivity index (χ1n) is 6.46. The largest absolute Gasteiger partial charge is 1.00 e. The maximum atomic E-state index is 12.1. The second kappa shape index (κ2) is 6.14. The summed E-state index contributed by atoms with van der Waals surface area (Å²) in [5, 5.41) is 12.2. The van der Waals surface area contributed by atoms with Crippen LogP contribution in [0.15, 0.2) is 22.7 Å². The van der Waals surface area contributed by atoms with Gasteiger partial charge in [-0.15, -0.1) is 23.1 Å². The zero-order valence-electron chi connectivity index (χ0n) is 11.8. The number of thiophene rings is 1. The number of carbonyl (C=O) groups excluding carboxylic acids is 2. The molecule has 0 aromatic carbocycles. The molecule has 1 amide bonds. The molecule has 0 radical (unpaired) electrons. The van der Waals surface area contributed by atoms with Gasteiger partial charge in [-0.1, -0.05) is 0 Å². The predicted molar refractivity (Wildman–Crippen MR) is 77.0 cm³/mol. The number of β-lactam (4-membered cyclic amide) rings is 1. The van der Waals surface area contributed by atoms with Crippen LogP contribution in [0, 0.1) is 0 Å². The summed E-state index contributed by atoms with van der Waals surface area (Å²) in [6.45, 7) is 1.37. The van der Waals surface area contributed by atoms with Crippen LogP contribution in [-0.4, -0.2) is 28.8 Å². The van der Waals surface area contributed by atoms with E-state index in [9.17, 15) is 14.7 Å². The minimum atomic E-state index is -1.30. The fourth-order valence-electron chi connectivity index (χ4n) is 2.65. The molecule has 4 heterocycles. The van der Waals surface area contributed by atoms with Crippen molar-refractivity contribution in [3.8, 4) is 0 Å². The van der Waals surface area contributed by atoms with Crippen molar-refractivity contribution >= 4 is 41.1 Å². The van der Waals surface area contributed by atoms with E-state index < -0.39 is 5.97 Å². The van der Waals surface area contributed by atoms with E-state index in [0.29, 0.717) is 12.2 Å². The molecule has 3 aliphatic heterocycles. The van der Waals surface area contributed by atoms with E-state index in [1.54, 1.807) is 11.3 Å². The van der Waals surface area contributed by atoms with Crippen LogP contribution in [0.2, 0.25) is 0 Å². The molecule has 1 saturated heterocycles. The van der Waals surface area contributed by atoms with Gasteiger partial charge in [0.2, 0.25) is 0 Å². The SMILES string of the molecule is O=C([O-])C1=CS[C@@H]2/C(=C\c3cc4c(s3)CCOC4)C(=O)N12.[Na+]. The minimum Gasteiger partial charge on any atom is -0.543 e. The molecule has 1 aromatic rings. The molecule has 0 N–H and O–H groups in total. The maximum Gasteiger partial charge on any atom is 1.00 e. The first kappa shape index (κ1) is 16.3. The molecule has 0 aliphatic carbocycles. The molecule has 108 valence electrons. The zero-order chi connectivity index (χ0) is 14.6. The van der Waals surface area contributed by atoms with Crippen LogP contribution in [0.25, 0.3) is 6.08 Å². The van der Waals surface area contributed by atoms with Gasteiger partial charge in [0.05, 0.1) is 30.5 Å². The molecule has 22 heavy (non-hydrogen) atoms. The van der Waals surface area contributed by atoms with Crippen molar-refractivity contribution in [2.45, 2.75) is 18.4 Å². The Balaban J connectivity index is 0.00000144. The van der Waals surface area contributed by atoms with E-state index in [1.807, 2.05) is 6.08 Å². The smallest absolute Gasteiger partial charge is 0.543 e. The molecule has 1 fully saturated rings. The standard InChI is InChI=1S/C14H11NO4S2.Na/c16-12-9(13-15(12)10(6-20-13)14(17)18)4-8-3-7-5-19-2-1-11(7)21-8;/h3-4,6,13H,1-2,5H2,(H,17,18);/q;+1/p-1/b9-4-;/t13-;/m1./s1. The van der Waals surface area contributed by atoms with Gasteiger partial charge in [0.15, 0.2) is 0 Å². The molecule has 0 spiro atoms. The summed E-state index contributed by atoms with van der Waals surface area (Å²) in [5.41, 5.74) is 1.80. The van der Waals surface area contributed by atoms with Gasteiger partial charge in [-0.3, -0.25) is 9.69 Å². The first-order chi connectivity index (χ1) is 10.1. The zero-order valence-corrected chi connectivity index (χ0v) is 15.5. The molecule has 0 unspecified atom stereocenters. The van der Waals surface area contributed by atoms with Crippen LogP contribution in [0.4, 0.5) is 0 Å². The van der Waals surface area contributed by atoms with E-state index in [4.69, 9.17) is 4.74 Å². The van der Waals surface area contributed by atoms with Gasteiger partial charge in [-0.05, 0) is 23.1 Å². The monoisotopic (exact) mass is 343 g/mol. The van der Waals surface area contributed by atoms with Gasteiger partial charge in [0, 0.05) is 16.2 Å². The van der Waals surface area contributed by atoms with Crippen LogP contribution in [0.3, 0.4) is 0 Å². The molecule has 1 aromatic heterocycles. The third-order valence-corrected chi connectivity index (χ3v) is 5.95. The van der Waals surface area contributed by atoms with Crippen LogP contribution in [0.5, 0.6) is 0 Å². The molecule has 1 atom stereocenters. The molecule has 0 saturated carbocycles. The van der Waals surface area contributed by atoms with Gasteiger partial charge in [-0.25, -0.2) is 0 Å². The number of carboxylic acids is 1. The molecule has 0 bridgehead atoms. The van der Waals surface area contributed by atoms with Crippen molar-refractivity contribution in [3.05, 3.63) is 38.1 Å². The maximum absolute atomic E-state index is 12.1. The van der Waals surface area contributed by atoms with E-state index >= 15 is 0 Å². The third-order valence-electron chi connectivity index (χ3n) is 3.69. The van der Waals surface area contributed by atoms with Crippen LogP contribution in [0.1, 0.15) is 15.3 Å². The van der Waals surface area contributed by atoms with E-state index in [0.717, 1.165) is 17.9 Å². The number of ether oxygens (including phenoxy) is 1. The second-order valence-electron chi connectivity index (χ2n) is 4.95. The third kappa shape index (κ3) is 2.50. The Morgan fingerprint density at radius 3 is 3.05 bits per heavy atom. The molecular formula is C14H10NNaO4S2. The van der Waals surface area contributed by atoms with Crippen LogP contribution >= 0.6 is 23.1 Å². The Bertz CT molecular complexity index is 701. The topological polar surface area (TPSA) is 69.7 Å². The predicted octanol–water partition coefficient (Wildman–Crippen LogP) is -2.29. The second-order valence-corrected chi connectivity index (χ2v) is 7.08. The Kier molecular flexibility index (Phi) is 4.55. The fourth-order valence-corrected chi connectivity index (χ4v) is 4.87. The number of rotatable bonds is 2. The van der Waals surface area contributed by atoms with E-state index in [-0.39, 0.29) is 46.5 Å². The summed E-state index contributed by atoms with van der Waals surface area (Å²) >= 11 is 3.00. The number of aliphatic carboxylic acids is 1. The summed E-state index contributed by atoms with van der Waals surface area (Å²) in [7, 11) is 0. The number of carbonyl (C=O) groups is 2. The Morgan fingerprint density at radius 1 is 1.50 bits per heavy atom. The minimum absolute atomic E-state index is 0. The van der Waals surface area contributed by atoms with Crippen molar-refractivity contribution in [1.82, 2.24) is 4.90 Å². The number of fused-ring (bicyclic) bond motifs is 2. The van der Waals surface area contributed by atoms with Crippen molar-refractivity contribution in [3.63, 3.8) is 0 Å². The molecule has 5 nitrogen and oxygen atoms in total. The van der Waals surface area contributed by atoms with Crippen molar-refractivity contribution in [2.75, 3.05) is 6.61 Å². The number of hydrogen-bond donors (Lipinski definition) is 0. The fraction of sp³-hybridized carbons (Fsp3) is 0.286. The summed E-state index contributed by atoms with van der Waals surface area (Å²) in [6.07, 6.45) is 2.78. The van der Waals surface area contributed by atoms with Crippen molar-refractivity contribution in [2.24, 2.45) is 0 Å².